The van der Waals surface area contributed by atoms with Gasteiger partial charge in [-0.25, -0.2) is 9.48 Å². The molecule has 3 rings (SSSR count). The molecule has 2 amide bonds. The molecule has 7 nitrogen and oxygen atoms in total. The van der Waals surface area contributed by atoms with Gasteiger partial charge in [0, 0.05) is 13.2 Å². The van der Waals surface area contributed by atoms with Gasteiger partial charge in [0.1, 0.15) is 5.69 Å². The number of benzene rings is 1. The van der Waals surface area contributed by atoms with E-state index in [1.54, 1.807) is 11.8 Å². The molecular weight excluding hydrogens is 306 g/mol. The smallest absolute Gasteiger partial charge is 0.315 e. The minimum Gasteiger partial charge on any atom is -0.381 e. The highest BCUT2D eigenvalue weighted by molar-refractivity contribution is 5.74. The van der Waals surface area contributed by atoms with Gasteiger partial charge in [0.15, 0.2) is 0 Å². The molecule has 3 atom stereocenters. The number of hydrogen-bond acceptors (Lipinski definition) is 4. The lowest BCUT2D eigenvalue weighted by atomic mass is 10.2. The Labute approximate surface area is 141 Å². The van der Waals surface area contributed by atoms with Crippen molar-refractivity contribution in [3.05, 3.63) is 42.2 Å². The molecule has 0 aliphatic heterocycles. The van der Waals surface area contributed by atoms with Crippen LogP contribution in [0.4, 0.5) is 4.79 Å². The number of rotatable bonds is 5. The van der Waals surface area contributed by atoms with Crippen LogP contribution in [-0.4, -0.2) is 40.3 Å². The number of urea groups is 1. The highest BCUT2D eigenvalue weighted by Crippen LogP contribution is 2.21. The first-order valence-corrected chi connectivity index (χ1v) is 8.23. The van der Waals surface area contributed by atoms with Gasteiger partial charge in [-0.3, -0.25) is 0 Å². The SMILES string of the molecule is CO[C@@H]1CC[C@@H](NC(=O)N[C@@H](C)c2cn(-c3ccccc3)nn2)C1. The van der Waals surface area contributed by atoms with Crippen LogP contribution in [-0.2, 0) is 4.74 Å². The zero-order chi connectivity index (χ0) is 16.9. The highest BCUT2D eigenvalue weighted by atomic mass is 16.5. The molecular formula is C17H23N5O2. The molecule has 1 saturated carbocycles. The summed E-state index contributed by atoms with van der Waals surface area (Å²) in [6, 6.07) is 9.52. The van der Waals surface area contributed by atoms with E-state index in [0.717, 1.165) is 30.6 Å². The van der Waals surface area contributed by atoms with E-state index >= 15 is 0 Å². The molecule has 0 bridgehead atoms. The van der Waals surface area contributed by atoms with E-state index in [2.05, 4.69) is 20.9 Å². The van der Waals surface area contributed by atoms with Crippen molar-refractivity contribution in [3.63, 3.8) is 0 Å². The number of carbonyl (C=O) groups is 1. The standard InChI is InChI=1S/C17H23N5O2/c1-12(18-17(23)19-13-8-9-15(10-13)24-2)16-11-22(21-20-16)14-6-4-3-5-7-14/h3-7,11-13,15H,8-10H2,1-2H3,(H2,18,19,23)/t12-,13+,15+/m0/s1. The Hall–Kier alpha value is -2.41. The summed E-state index contributed by atoms with van der Waals surface area (Å²) in [6.45, 7) is 1.89. The molecule has 1 aromatic carbocycles. The van der Waals surface area contributed by atoms with Crippen LogP contribution in [0.1, 0.15) is 37.9 Å². The Kier molecular flexibility index (Phi) is 5.10. The van der Waals surface area contributed by atoms with Gasteiger partial charge in [-0.05, 0) is 38.3 Å². The number of amides is 2. The van der Waals surface area contributed by atoms with Gasteiger partial charge >= 0.3 is 6.03 Å². The van der Waals surface area contributed by atoms with Crippen LogP contribution in [0.25, 0.3) is 5.69 Å². The topological polar surface area (TPSA) is 81.1 Å². The summed E-state index contributed by atoms with van der Waals surface area (Å²) in [5.74, 6) is 0. The quantitative estimate of drug-likeness (QED) is 0.881. The van der Waals surface area contributed by atoms with Crippen LogP contribution >= 0.6 is 0 Å². The Morgan fingerprint density at radius 3 is 2.83 bits per heavy atom. The Balaban J connectivity index is 1.54. The van der Waals surface area contributed by atoms with Crippen LogP contribution in [0, 0.1) is 0 Å². The summed E-state index contributed by atoms with van der Waals surface area (Å²) < 4.78 is 7.03. The molecule has 0 spiro atoms. The van der Waals surface area contributed by atoms with Gasteiger partial charge in [-0.2, -0.15) is 0 Å². The maximum Gasteiger partial charge on any atom is 0.315 e. The van der Waals surface area contributed by atoms with E-state index in [-0.39, 0.29) is 24.2 Å². The van der Waals surface area contributed by atoms with Gasteiger partial charge < -0.3 is 15.4 Å². The molecule has 0 unspecified atom stereocenters. The van der Waals surface area contributed by atoms with Crippen molar-refractivity contribution in [1.29, 1.82) is 0 Å². The normalized spacial score (nSPS) is 21.4. The summed E-state index contributed by atoms with van der Waals surface area (Å²) in [4.78, 5) is 12.1. The number of nitrogens with zero attached hydrogens (tertiary/aromatic N) is 3. The second-order valence-corrected chi connectivity index (χ2v) is 6.13. The third-order valence-electron chi connectivity index (χ3n) is 4.38. The monoisotopic (exact) mass is 329 g/mol. The first-order valence-electron chi connectivity index (χ1n) is 8.23. The number of methoxy groups -OCH3 is 1. The minimum atomic E-state index is -0.220. The molecule has 2 aromatic rings. The highest BCUT2D eigenvalue weighted by Gasteiger charge is 2.26. The first-order chi connectivity index (χ1) is 11.7. The van der Waals surface area contributed by atoms with Crippen LogP contribution in [0.2, 0.25) is 0 Å². The lowest BCUT2D eigenvalue weighted by Crippen LogP contribution is -2.42. The largest absolute Gasteiger partial charge is 0.381 e. The van der Waals surface area contributed by atoms with E-state index in [1.807, 2.05) is 43.5 Å². The lowest BCUT2D eigenvalue weighted by Gasteiger charge is -2.16. The molecule has 128 valence electrons. The number of hydrogen-bond donors (Lipinski definition) is 2. The number of ether oxygens (including phenoxy) is 1. The molecule has 2 N–H and O–H groups in total. The summed E-state index contributed by atoms with van der Waals surface area (Å²) >= 11 is 0. The summed E-state index contributed by atoms with van der Waals surface area (Å²) in [6.07, 6.45) is 4.88. The molecule has 24 heavy (non-hydrogen) atoms. The van der Waals surface area contributed by atoms with E-state index < -0.39 is 0 Å². The molecule has 1 aromatic heterocycles. The predicted molar refractivity (Wildman–Crippen MR) is 89.9 cm³/mol. The van der Waals surface area contributed by atoms with Crippen LogP contribution in [0.3, 0.4) is 0 Å². The van der Waals surface area contributed by atoms with Crippen LogP contribution in [0.5, 0.6) is 0 Å². The fourth-order valence-corrected chi connectivity index (χ4v) is 2.96. The predicted octanol–water partition coefficient (Wildman–Crippen LogP) is 2.20. The van der Waals surface area contributed by atoms with Gasteiger partial charge in [0.25, 0.3) is 0 Å². The second kappa shape index (κ2) is 7.44. The fourth-order valence-electron chi connectivity index (χ4n) is 2.96. The molecule has 1 heterocycles. The van der Waals surface area contributed by atoms with Crippen molar-refractivity contribution < 1.29 is 9.53 Å². The Morgan fingerprint density at radius 1 is 1.33 bits per heavy atom. The van der Waals surface area contributed by atoms with Crippen molar-refractivity contribution in [3.8, 4) is 5.69 Å². The van der Waals surface area contributed by atoms with Crippen molar-refractivity contribution in [2.24, 2.45) is 0 Å². The van der Waals surface area contributed by atoms with Gasteiger partial charge in [0.05, 0.1) is 24.0 Å². The van der Waals surface area contributed by atoms with Crippen molar-refractivity contribution in [2.45, 2.75) is 44.4 Å². The average Bonchev–Trinajstić information content (AvgIpc) is 3.24. The van der Waals surface area contributed by atoms with E-state index in [0.29, 0.717) is 0 Å². The van der Waals surface area contributed by atoms with Gasteiger partial charge in [-0.15, -0.1) is 5.10 Å². The summed E-state index contributed by atoms with van der Waals surface area (Å²) in [5, 5.41) is 14.2. The minimum absolute atomic E-state index is 0.169. The fraction of sp³-hybridized carbons (Fsp3) is 0.471. The first kappa shape index (κ1) is 16.4. The van der Waals surface area contributed by atoms with Crippen molar-refractivity contribution >= 4 is 6.03 Å². The lowest BCUT2D eigenvalue weighted by molar-refractivity contribution is 0.107. The number of nitrogens with one attached hydrogen (secondary N) is 2. The molecule has 1 aliphatic carbocycles. The average molecular weight is 329 g/mol. The van der Waals surface area contributed by atoms with Crippen LogP contribution < -0.4 is 10.6 Å². The molecule has 7 heteroatoms. The van der Waals surface area contributed by atoms with Crippen LogP contribution in [0.15, 0.2) is 36.5 Å². The third kappa shape index (κ3) is 3.91. The number of para-hydroxylation sites is 1. The van der Waals surface area contributed by atoms with E-state index in [4.69, 9.17) is 4.74 Å². The maximum absolute atomic E-state index is 12.1. The van der Waals surface area contributed by atoms with Gasteiger partial charge in [-0.1, -0.05) is 23.4 Å². The number of carbonyl (C=O) groups excluding carboxylic acids is 1. The second-order valence-electron chi connectivity index (χ2n) is 6.13. The number of aromatic nitrogens is 3. The van der Waals surface area contributed by atoms with E-state index in [9.17, 15) is 4.79 Å². The molecule has 1 fully saturated rings. The zero-order valence-corrected chi connectivity index (χ0v) is 14.0. The summed E-state index contributed by atoms with van der Waals surface area (Å²) in [7, 11) is 1.71. The molecule has 0 radical (unpaired) electrons. The molecule has 0 saturated heterocycles. The Morgan fingerprint density at radius 2 is 2.12 bits per heavy atom. The third-order valence-corrected chi connectivity index (χ3v) is 4.38. The maximum atomic E-state index is 12.1. The van der Waals surface area contributed by atoms with Gasteiger partial charge in [0.2, 0.25) is 0 Å². The Bertz CT molecular complexity index is 673. The van der Waals surface area contributed by atoms with Crippen molar-refractivity contribution in [2.75, 3.05) is 7.11 Å². The van der Waals surface area contributed by atoms with Crippen molar-refractivity contribution in [1.82, 2.24) is 25.6 Å². The summed E-state index contributed by atoms with van der Waals surface area (Å²) in [5.41, 5.74) is 1.65. The van der Waals surface area contributed by atoms with E-state index in [1.165, 1.54) is 0 Å². The molecule has 1 aliphatic rings. The zero-order valence-electron chi connectivity index (χ0n) is 14.0.